The fourth-order valence-electron chi connectivity index (χ4n) is 2.85. The van der Waals surface area contributed by atoms with E-state index in [4.69, 9.17) is 5.11 Å². The highest BCUT2D eigenvalue weighted by molar-refractivity contribution is 9.11. The van der Waals surface area contributed by atoms with Crippen LogP contribution in [-0.2, 0) is 16.0 Å². The smallest absolute Gasteiger partial charge is 0.306 e. The Morgan fingerprint density at radius 1 is 1.38 bits per heavy atom. The van der Waals surface area contributed by atoms with Crippen LogP contribution in [0.4, 0.5) is 0 Å². The SMILES string of the molecule is O=C(CCCc1ccc(Br)s1)NCC1CCCC1C(=O)O. The summed E-state index contributed by atoms with van der Waals surface area (Å²) in [5.41, 5.74) is 0. The molecule has 2 atom stereocenters. The van der Waals surface area contributed by atoms with Crippen LogP contribution in [0, 0.1) is 11.8 Å². The molecule has 0 bridgehead atoms. The summed E-state index contributed by atoms with van der Waals surface area (Å²) in [5, 5.41) is 12.0. The number of aliphatic carboxylic acids is 1. The van der Waals surface area contributed by atoms with Crippen molar-refractivity contribution in [3.63, 3.8) is 0 Å². The van der Waals surface area contributed by atoms with Crippen molar-refractivity contribution in [1.29, 1.82) is 0 Å². The van der Waals surface area contributed by atoms with Crippen molar-refractivity contribution in [2.24, 2.45) is 11.8 Å². The summed E-state index contributed by atoms with van der Waals surface area (Å²) in [6, 6.07) is 4.09. The van der Waals surface area contributed by atoms with Crippen molar-refractivity contribution < 1.29 is 14.7 Å². The second-order valence-corrected chi connectivity index (χ2v) is 8.05. The molecular weight excluding hydrogens is 354 g/mol. The molecule has 1 aliphatic rings. The fraction of sp³-hybridized carbons (Fsp3) is 0.600. The summed E-state index contributed by atoms with van der Waals surface area (Å²) in [7, 11) is 0. The molecule has 2 N–H and O–H groups in total. The molecule has 1 aromatic rings. The number of amides is 1. The van der Waals surface area contributed by atoms with E-state index in [1.807, 2.05) is 6.07 Å². The molecule has 116 valence electrons. The van der Waals surface area contributed by atoms with E-state index in [2.05, 4.69) is 27.3 Å². The summed E-state index contributed by atoms with van der Waals surface area (Å²) >= 11 is 5.12. The molecule has 1 heterocycles. The summed E-state index contributed by atoms with van der Waals surface area (Å²) in [6.07, 6.45) is 4.82. The van der Waals surface area contributed by atoms with E-state index in [1.165, 1.54) is 4.88 Å². The Morgan fingerprint density at radius 2 is 2.19 bits per heavy atom. The fourth-order valence-corrected chi connectivity index (χ4v) is 4.37. The van der Waals surface area contributed by atoms with Crippen LogP contribution in [0.3, 0.4) is 0 Å². The standard InChI is InChI=1S/C15H20BrNO3S/c16-13-8-7-11(21-13)4-2-6-14(18)17-9-10-3-1-5-12(10)15(19)20/h7-8,10,12H,1-6,9H2,(H,17,18)(H,19,20). The predicted molar refractivity (Wildman–Crippen MR) is 86.4 cm³/mol. The maximum Gasteiger partial charge on any atom is 0.306 e. The monoisotopic (exact) mass is 373 g/mol. The number of halogens is 1. The molecule has 4 nitrogen and oxygen atoms in total. The van der Waals surface area contributed by atoms with E-state index in [0.717, 1.165) is 35.9 Å². The van der Waals surface area contributed by atoms with Gasteiger partial charge in [0.2, 0.25) is 5.91 Å². The number of carbonyl (C=O) groups excluding carboxylic acids is 1. The quantitative estimate of drug-likeness (QED) is 0.768. The van der Waals surface area contributed by atoms with Crippen LogP contribution in [0.1, 0.15) is 37.0 Å². The highest BCUT2D eigenvalue weighted by atomic mass is 79.9. The topological polar surface area (TPSA) is 66.4 Å². The van der Waals surface area contributed by atoms with Gasteiger partial charge in [-0.3, -0.25) is 9.59 Å². The molecule has 6 heteroatoms. The highest BCUT2D eigenvalue weighted by Gasteiger charge is 2.32. The minimum absolute atomic E-state index is 0.0293. The zero-order valence-corrected chi connectivity index (χ0v) is 14.2. The Labute approximate surface area is 137 Å². The molecule has 0 aliphatic heterocycles. The number of rotatable bonds is 7. The first kappa shape index (κ1) is 16.5. The summed E-state index contributed by atoms with van der Waals surface area (Å²) in [4.78, 5) is 24.2. The molecule has 1 aromatic heterocycles. The number of carboxylic acids is 1. The summed E-state index contributed by atoms with van der Waals surface area (Å²) < 4.78 is 1.11. The molecule has 21 heavy (non-hydrogen) atoms. The summed E-state index contributed by atoms with van der Waals surface area (Å²) in [6.45, 7) is 0.500. The van der Waals surface area contributed by atoms with Gasteiger partial charge in [0.1, 0.15) is 0 Å². The highest BCUT2D eigenvalue weighted by Crippen LogP contribution is 2.31. The van der Waals surface area contributed by atoms with E-state index in [-0.39, 0.29) is 17.7 Å². The van der Waals surface area contributed by atoms with Crippen molar-refractivity contribution in [2.75, 3.05) is 6.54 Å². The van der Waals surface area contributed by atoms with Crippen LogP contribution in [0.25, 0.3) is 0 Å². The van der Waals surface area contributed by atoms with Gasteiger partial charge in [0.05, 0.1) is 9.70 Å². The Kier molecular flexibility index (Phi) is 6.23. The minimum Gasteiger partial charge on any atom is -0.481 e. The zero-order chi connectivity index (χ0) is 15.2. The lowest BCUT2D eigenvalue weighted by atomic mass is 9.96. The van der Waals surface area contributed by atoms with Crippen LogP contribution in [-0.4, -0.2) is 23.5 Å². The van der Waals surface area contributed by atoms with E-state index in [0.29, 0.717) is 13.0 Å². The van der Waals surface area contributed by atoms with Crippen LogP contribution in [0.2, 0.25) is 0 Å². The van der Waals surface area contributed by atoms with Crippen LogP contribution in [0.5, 0.6) is 0 Å². The van der Waals surface area contributed by atoms with Gasteiger partial charge in [-0.05, 0) is 59.7 Å². The molecule has 1 saturated carbocycles. The number of carboxylic acid groups (broad SMARTS) is 1. The van der Waals surface area contributed by atoms with Crippen molar-refractivity contribution in [2.45, 2.75) is 38.5 Å². The van der Waals surface area contributed by atoms with E-state index in [9.17, 15) is 9.59 Å². The number of nitrogens with one attached hydrogen (secondary N) is 1. The normalized spacial score (nSPS) is 21.4. The van der Waals surface area contributed by atoms with Gasteiger partial charge < -0.3 is 10.4 Å². The minimum atomic E-state index is -0.727. The van der Waals surface area contributed by atoms with Gasteiger partial charge in [-0.15, -0.1) is 11.3 Å². The first-order valence-corrected chi connectivity index (χ1v) is 8.91. The van der Waals surface area contributed by atoms with Crippen molar-refractivity contribution >= 4 is 39.1 Å². The Bertz CT molecular complexity index is 503. The van der Waals surface area contributed by atoms with Gasteiger partial charge in [0.25, 0.3) is 0 Å². The molecule has 0 saturated heterocycles. The molecule has 0 spiro atoms. The number of thiophene rings is 1. The maximum atomic E-state index is 11.8. The Hall–Kier alpha value is -0.880. The van der Waals surface area contributed by atoms with E-state index < -0.39 is 5.97 Å². The van der Waals surface area contributed by atoms with Crippen molar-refractivity contribution in [3.05, 3.63) is 20.8 Å². The van der Waals surface area contributed by atoms with Crippen LogP contribution < -0.4 is 5.32 Å². The Balaban J connectivity index is 1.64. The van der Waals surface area contributed by atoms with E-state index in [1.54, 1.807) is 11.3 Å². The van der Waals surface area contributed by atoms with Gasteiger partial charge in [-0.2, -0.15) is 0 Å². The first-order chi connectivity index (χ1) is 10.1. The Morgan fingerprint density at radius 3 is 2.86 bits per heavy atom. The lowest BCUT2D eigenvalue weighted by Crippen LogP contribution is -2.32. The number of carbonyl (C=O) groups is 2. The largest absolute Gasteiger partial charge is 0.481 e. The zero-order valence-electron chi connectivity index (χ0n) is 11.8. The van der Waals surface area contributed by atoms with Gasteiger partial charge >= 0.3 is 5.97 Å². The maximum absolute atomic E-state index is 11.8. The molecule has 0 aromatic carbocycles. The third kappa shape index (κ3) is 5.11. The number of hydrogen-bond donors (Lipinski definition) is 2. The lowest BCUT2D eigenvalue weighted by molar-refractivity contribution is -0.143. The molecule has 2 unspecified atom stereocenters. The van der Waals surface area contributed by atoms with Gasteiger partial charge in [0.15, 0.2) is 0 Å². The first-order valence-electron chi connectivity index (χ1n) is 7.30. The molecule has 2 rings (SSSR count). The van der Waals surface area contributed by atoms with Gasteiger partial charge in [0, 0.05) is 17.8 Å². The average molecular weight is 374 g/mol. The predicted octanol–water partition coefficient (Wildman–Crippen LogP) is 3.45. The second-order valence-electron chi connectivity index (χ2n) is 5.50. The van der Waals surface area contributed by atoms with Crippen LogP contribution >= 0.6 is 27.3 Å². The average Bonchev–Trinajstić information content (AvgIpc) is 3.05. The van der Waals surface area contributed by atoms with Crippen molar-refractivity contribution in [3.8, 4) is 0 Å². The lowest BCUT2D eigenvalue weighted by Gasteiger charge is -2.16. The van der Waals surface area contributed by atoms with E-state index >= 15 is 0 Å². The summed E-state index contributed by atoms with van der Waals surface area (Å²) in [5.74, 6) is -0.884. The molecule has 1 aliphatic carbocycles. The molecule has 1 amide bonds. The van der Waals surface area contributed by atoms with Crippen molar-refractivity contribution in [1.82, 2.24) is 5.32 Å². The van der Waals surface area contributed by atoms with Crippen LogP contribution in [0.15, 0.2) is 15.9 Å². The molecule has 0 radical (unpaired) electrons. The number of aryl methyl sites for hydroxylation is 1. The molecule has 1 fully saturated rings. The third-order valence-electron chi connectivity index (χ3n) is 3.99. The van der Waals surface area contributed by atoms with Gasteiger partial charge in [-0.25, -0.2) is 0 Å². The third-order valence-corrected chi connectivity index (χ3v) is 5.68. The second kappa shape index (κ2) is 7.94. The molecular formula is C15H20BrNO3S. The van der Waals surface area contributed by atoms with Gasteiger partial charge in [-0.1, -0.05) is 6.42 Å². The number of hydrogen-bond acceptors (Lipinski definition) is 3.